The highest BCUT2D eigenvalue weighted by molar-refractivity contribution is 9.10. The summed E-state index contributed by atoms with van der Waals surface area (Å²) in [7, 11) is 0. The molecule has 2 aromatic carbocycles. The van der Waals surface area contributed by atoms with Crippen molar-refractivity contribution in [3.8, 4) is 17.1 Å². The Kier molecular flexibility index (Phi) is 4.33. The fraction of sp³-hybridized carbons (Fsp3) is 0.0588. The Morgan fingerprint density at radius 1 is 1.00 bits per heavy atom. The minimum atomic E-state index is 0.539. The van der Waals surface area contributed by atoms with Gasteiger partial charge in [-0.2, -0.15) is 9.90 Å². The molecule has 0 spiro atoms. The molecular formula is C17H12BrClN6. The first-order valence-electron chi connectivity index (χ1n) is 7.51. The van der Waals surface area contributed by atoms with E-state index in [0.29, 0.717) is 17.4 Å². The van der Waals surface area contributed by atoms with Gasteiger partial charge in [0.25, 0.3) is 0 Å². The monoisotopic (exact) mass is 414 g/mol. The number of hydrogen-bond acceptors (Lipinski definition) is 4. The van der Waals surface area contributed by atoms with Crippen LogP contribution in [0.15, 0.2) is 65.4 Å². The maximum atomic E-state index is 5.91. The molecule has 0 radical (unpaired) electrons. The lowest BCUT2D eigenvalue weighted by Gasteiger charge is -2.00. The lowest BCUT2D eigenvalue weighted by atomic mass is 10.2. The lowest BCUT2D eigenvalue weighted by Crippen LogP contribution is -2.03. The third kappa shape index (κ3) is 3.62. The minimum Gasteiger partial charge on any atom is -0.240 e. The quantitative estimate of drug-likeness (QED) is 0.506. The van der Waals surface area contributed by atoms with Gasteiger partial charge in [0.05, 0.1) is 24.0 Å². The number of benzene rings is 2. The molecule has 0 aliphatic heterocycles. The van der Waals surface area contributed by atoms with Gasteiger partial charge in [0.1, 0.15) is 0 Å². The Bertz CT molecular complexity index is 991. The Balaban J connectivity index is 1.54. The molecule has 0 amide bonds. The highest BCUT2D eigenvalue weighted by Gasteiger charge is 2.10. The van der Waals surface area contributed by atoms with Gasteiger partial charge in [-0.3, -0.25) is 0 Å². The van der Waals surface area contributed by atoms with Gasteiger partial charge < -0.3 is 0 Å². The zero-order chi connectivity index (χ0) is 17.2. The molecule has 2 aromatic heterocycles. The van der Waals surface area contributed by atoms with Gasteiger partial charge in [-0.25, -0.2) is 4.68 Å². The van der Waals surface area contributed by atoms with Gasteiger partial charge in [-0.1, -0.05) is 39.7 Å². The molecule has 2 heterocycles. The van der Waals surface area contributed by atoms with Gasteiger partial charge in [0, 0.05) is 15.7 Å². The Morgan fingerprint density at radius 2 is 1.76 bits per heavy atom. The second-order valence-corrected chi connectivity index (χ2v) is 6.77. The van der Waals surface area contributed by atoms with Gasteiger partial charge in [0.2, 0.25) is 5.82 Å². The number of nitrogens with zero attached hydrogens (tertiary/aromatic N) is 6. The second-order valence-electron chi connectivity index (χ2n) is 5.42. The van der Waals surface area contributed by atoms with Crippen LogP contribution in [0.4, 0.5) is 0 Å². The summed E-state index contributed by atoms with van der Waals surface area (Å²) in [4.78, 5) is 1.57. The van der Waals surface area contributed by atoms with Crippen molar-refractivity contribution in [1.29, 1.82) is 0 Å². The van der Waals surface area contributed by atoms with Gasteiger partial charge in [-0.15, -0.1) is 10.2 Å². The Morgan fingerprint density at radius 3 is 2.52 bits per heavy atom. The van der Waals surface area contributed by atoms with Crippen molar-refractivity contribution >= 4 is 27.5 Å². The first kappa shape index (κ1) is 16.0. The predicted molar refractivity (Wildman–Crippen MR) is 98.6 cm³/mol. The lowest BCUT2D eigenvalue weighted by molar-refractivity contribution is 0.573. The van der Waals surface area contributed by atoms with Crippen molar-refractivity contribution < 1.29 is 0 Å². The maximum Gasteiger partial charge on any atom is 0.208 e. The van der Waals surface area contributed by atoms with Crippen LogP contribution in [0.3, 0.4) is 0 Å². The zero-order valence-corrected chi connectivity index (χ0v) is 15.3. The molecule has 0 aliphatic rings. The molecule has 25 heavy (non-hydrogen) atoms. The first-order valence-corrected chi connectivity index (χ1v) is 8.68. The summed E-state index contributed by atoms with van der Waals surface area (Å²) < 4.78 is 2.79. The smallest absolute Gasteiger partial charge is 0.208 e. The molecule has 0 unspecified atom stereocenters. The van der Waals surface area contributed by atoms with Crippen LogP contribution < -0.4 is 0 Å². The van der Waals surface area contributed by atoms with Gasteiger partial charge in [0.15, 0.2) is 0 Å². The van der Waals surface area contributed by atoms with Crippen molar-refractivity contribution in [3.05, 3.63) is 76.0 Å². The van der Waals surface area contributed by atoms with Crippen molar-refractivity contribution in [2.45, 2.75) is 6.54 Å². The van der Waals surface area contributed by atoms with Crippen LogP contribution in [0.2, 0.25) is 5.02 Å². The van der Waals surface area contributed by atoms with E-state index in [1.165, 1.54) is 0 Å². The molecule has 8 heteroatoms. The van der Waals surface area contributed by atoms with Crippen LogP contribution in [-0.4, -0.2) is 30.0 Å². The number of tetrazole rings is 1. The molecule has 6 nitrogen and oxygen atoms in total. The molecule has 0 aliphatic carbocycles. The molecular weight excluding hydrogens is 404 g/mol. The summed E-state index contributed by atoms with van der Waals surface area (Å²) >= 11 is 9.34. The molecule has 4 aromatic rings. The number of rotatable bonds is 4. The highest BCUT2D eigenvalue weighted by atomic mass is 79.9. The van der Waals surface area contributed by atoms with Crippen molar-refractivity contribution in [2.24, 2.45) is 0 Å². The van der Waals surface area contributed by atoms with E-state index in [4.69, 9.17) is 11.6 Å². The molecule has 0 atom stereocenters. The SMILES string of the molecule is Clc1ccc(-n2cc(-c3nnn(Cc4ccc(Br)cc4)n3)cn2)cc1. The first-order chi connectivity index (χ1) is 12.2. The fourth-order valence-corrected chi connectivity index (χ4v) is 2.74. The van der Waals surface area contributed by atoms with E-state index in [9.17, 15) is 0 Å². The number of hydrogen-bond donors (Lipinski definition) is 0. The predicted octanol–water partition coefficient (Wildman–Crippen LogP) is 3.99. The van der Waals surface area contributed by atoms with E-state index < -0.39 is 0 Å². The number of halogens is 2. The van der Waals surface area contributed by atoms with Crippen LogP contribution in [0.1, 0.15) is 5.56 Å². The van der Waals surface area contributed by atoms with E-state index in [2.05, 4.69) is 36.4 Å². The third-order valence-corrected chi connectivity index (χ3v) is 4.40. The summed E-state index contributed by atoms with van der Waals surface area (Å²) in [5, 5.41) is 17.7. The summed E-state index contributed by atoms with van der Waals surface area (Å²) in [6.45, 7) is 0.561. The van der Waals surface area contributed by atoms with E-state index in [1.807, 2.05) is 54.7 Å². The fourth-order valence-electron chi connectivity index (χ4n) is 2.35. The third-order valence-electron chi connectivity index (χ3n) is 3.62. The van der Waals surface area contributed by atoms with Crippen LogP contribution >= 0.6 is 27.5 Å². The minimum absolute atomic E-state index is 0.539. The second kappa shape index (κ2) is 6.78. The molecule has 124 valence electrons. The van der Waals surface area contributed by atoms with Crippen molar-refractivity contribution in [1.82, 2.24) is 30.0 Å². The molecule has 4 rings (SSSR count). The van der Waals surface area contributed by atoms with Gasteiger partial charge in [-0.05, 0) is 47.2 Å². The van der Waals surface area contributed by atoms with Crippen molar-refractivity contribution in [2.75, 3.05) is 0 Å². The van der Waals surface area contributed by atoms with Crippen LogP contribution in [0.5, 0.6) is 0 Å². The van der Waals surface area contributed by atoms with Crippen LogP contribution in [0, 0.1) is 0 Å². The van der Waals surface area contributed by atoms with E-state index in [0.717, 1.165) is 21.3 Å². The topological polar surface area (TPSA) is 61.4 Å². The average molecular weight is 416 g/mol. The highest BCUT2D eigenvalue weighted by Crippen LogP contribution is 2.17. The number of aromatic nitrogens is 6. The summed E-state index contributed by atoms with van der Waals surface area (Å²) in [5.74, 6) is 0.539. The molecule has 0 saturated carbocycles. The zero-order valence-electron chi connectivity index (χ0n) is 12.9. The van der Waals surface area contributed by atoms with Crippen LogP contribution in [-0.2, 0) is 6.54 Å². The molecule has 0 saturated heterocycles. The molecule has 0 bridgehead atoms. The van der Waals surface area contributed by atoms with E-state index in [1.54, 1.807) is 15.7 Å². The summed E-state index contributed by atoms with van der Waals surface area (Å²) in [5.41, 5.74) is 2.82. The van der Waals surface area contributed by atoms with Gasteiger partial charge >= 0.3 is 0 Å². The summed E-state index contributed by atoms with van der Waals surface area (Å²) in [6, 6.07) is 15.5. The van der Waals surface area contributed by atoms with E-state index >= 15 is 0 Å². The average Bonchev–Trinajstić information content (AvgIpc) is 3.27. The Hall–Kier alpha value is -2.51. The van der Waals surface area contributed by atoms with Crippen molar-refractivity contribution in [3.63, 3.8) is 0 Å². The normalized spacial score (nSPS) is 11.0. The summed E-state index contributed by atoms with van der Waals surface area (Å²) in [6.07, 6.45) is 3.58. The largest absolute Gasteiger partial charge is 0.240 e. The molecule has 0 N–H and O–H groups in total. The standard InChI is InChI=1S/C17H12BrClN6/c18-14-3-1-12(2-4-14)10-25-22-17(21-23-25)13-9-20-24(11-13)16-7-5-15(19)6-8-16/h1-9,11H,10H2. The molecule has 0 fully saturated rings. The maximum absolute atomic E-state index is 5.91. The van der Waals surface area contributed by atoms with E-state index in [-0.39, 0.29) is 0 Å². The Labute approximate surface area is 157 Å². The van der Waals surface area contributed by atoms with Crippen LogP contribution in [0.25, 0.3) is 17.1 Å².